The smallest absolute Gasteiger partial charge is 0.432 e. The Morgan fingerprint density at radius 1 is 1.03 bits per heavy atom. The molecular weight excluding hydrogens is 450 g/mol. The number of aromatic nitrogens is 1. The van der Waals surface area contributed by atoms with Crippen molar-refractivity contribution in [2.75, 3.05) is 5.73 Å². The molecular formula is C25H21F4N3O2. The van der Waals surface area contributed by atoms with Gasteiger partial charge in [0.2, 0.25) is 0 Å². The Labute approximate surface area is 192 Å². The number of alkyl halides is 3. The van der Waals surface area contributed by atoms with E-state index in [1.807, 2.05) is 13.8 Å². The number of hydrogen-bond acceptors (Lipinski definition) is 3. The molecule has 0 saturated carbocycles. The first-order chi connectivity index (χ1) is 16.1. The van der Waals surface area contributed by atoms with E-state index < -0.39 is 23.7 Å². The van der Waals surface area contributed by atoms with Crippen molar-refractivity contribution in [2.45, 2.75) is 20.0 Å². The van der Waals surface area contributed by atoms with E-state index in [1.165, 1.54) is 48.5 Å². The number of anilines is 1. The summed E-state index contributed by atoms with van der Waals surface area (Å²) < 4.78 is 57.7. The fourth-order valence-corrected chi connectivity index (χ4v) is 3.69. The van der Waals surface area contributed by atoms with Gasteiger partial charge in [-0.3, -0.25) is 0 Å². The first-order valence-corrected chi connectivity index (χ1v) is 10.3. The zero-order valence-corrected chi connectivity index (χ0v) is 18.2. The lowest BCUT2D eigenvalue weighted by atomic mass is 9.99. The second-order valence-corrected chi connectivity index (χ2v) is 7.06. The van der Waals surface area contributed by atoms with Gasteiger partial charge < -0.3 is 20.8 Å². The van der Waals surface area contributed by atoms with Gasteiger partial charge in [0.05, 0.1) is 11.1 Å². The average Bonchev–Trinajstić information content (AvgIpc) is 3.14. The van der Waals surface area contributed by atoms with E-state index in [4.69, 9.17) is 16.2 Å². The fraction of sp³-hybridized carbons (Fsp3) is 0.120. The van der Waals surface area contributed by atoms with E-state index >= 15 is 0 Å². The van der Waals surface area contributed by atoms with Crippen LogP contribution in [0.4, 0.5) is 23.2 Å². The van der Waals surface area contributed by atoms with Crippen molar-refractivity contribution >= 4 is 28.8 Å². The Hall–Kier alpha value is -4.14. The molecule has 0 aliphatic heterocycles. The third kappa shape index (κ3) is 4.36. The summed E-state index contributed by atoms with van der Waals surface area (Å²) in [6, 6.07) is 12.3. The molecule has 0 spiro atoms. The molecule has 0 amide bonds. The summed E-state index contributed by atoms with van der Waals surface area (Å²) in [6.07, 6.45) is -3.89. The van der Waals surface area contributed by atoms with E-state index in [-0.39, 0.29) is 44.5 Å². The molecule has 1 aromatic heterocycles. The van der Waals surface area contributed by atoms with Crippen LogP contribution in [-0.4, -0.2) is 21.9 Å². The number of carboxylic acids is 1. The number of fused-ring (bicyclic) bond motifs is 1. The number of halogens is 4. The highest BCUT2D eigenvalue weighted by Gasteiger charge is 2.40. The number of nitrogens with zero attached hydrogens (tertiary/aromatic N) is 1. The van der Waals surface area contributed by atoms with E-state index in [1.54, 1.807) is 0 Å². The van der Waals surface area contributed by atoms with Gasteiger partial charge in [0.15, 0.2) is 0 Å². The maximum absolute atomic E-state index is 14.4. The molecule has 0 saturated heterocycles. The summed E-state index contributed by atoms with van der Waals surface area (Å²) in [7, 11) is 0. The number of rotatable bonds is 4. The first-order valence-electron chi connectivity index (χ1n) is 10.3. The Morgan fingerprint density at radius 2 is 1.62 bits per heavy atom. The molecule has 0 aliphatic carbocycles. The monoisotopic (exact) mass is 471 g/mol. The van der Waals surface area contributed by atoms with Gasteiger partial charge in [-0.1, -0.05) is 26.0 Å². The predicted octanol–water partition coefficient (Wildman–Crippen LogP) is 6.76. The molecule has 176 valence electrons. The SMILES string of the molecule is CC.N=Cc1cc2c(cc1N)c(-c1ccc(C(=O)O)cc1)c(C(F)(F)F)n2-c1ccc(F)cc1. The van der Waals surface area contributed by atoms with Crippen LogP contribution in [0.5, 0.6) is 0 Å². The van der Waals surface area contributed by atoms with Crippen molar-refractivity contribution in [3.05, 3.63) is 83.3 Å². The predicted molar refractivity (Wildman–Crippen MR) is 124 cm³/mol. The summed E-state index contributed by atoms with van der Waals surface area (Å²) >= 11 is 0. The third-order valence-electron chi connectivity index (χ3n) is 5.10. The van der Waals surface area contributed by atoms with Crippen LogP contribution in [0, 0.1) is 11.2 Å². The molecule has 3 aromatic carbocycles. The lowest BCUT2D eigenvalue weighted by molar-refractivity contribution is -0.141. The van der Waals surface area contributed by atoms with Crippen molar-refractivity contribution in [2.24, 2.45) is 0 Å². The molecule has 0 atom stereocenters. The van der Waals surface area contributed by atoms with Crippen LogP contribution in [-0.2, 0) is 6.18 Å². The minimum absolute atomic E-state index is 0.0674. The van der Waals surface area contributed by atoms with Gasteiger partial charge in [0.25, 0.3) is 0 Å². The molecule has 0 radical (unpaired) electrons. The number of aromatic carboxylic acids is 1. The van der Waals surface area contributed by atoms with E-state index in [0.717, 1.165) is 22.9 Å². The van der Waals surface area contributed by atoms with Gasteiger partial charge in [-0.15, -0.1) is 0 Å². The lowest BCUT2D eigenvalue weighted by Gasteiger charge is -2.15. The largest absolute Gasteiger partial charge is 0.478 e. The Balaban J connectivity index is 0.00000158. The summed E-state index contributed by atoms with van der Waals surface area (Å²) in [5.74, 6) is -1.81. The number of carboxylic acid groups (broad SMARTS) is 1. The zero-order chi connectivity index (χ0) is 25.2. The van der Waals surface area contributed by atoms with Crippen molar-refractivity contribution in [1.29, 1.82) is 5.41 Å². The Kier molecular flexibility index (Phi) is 6.76. The molecule has 0 bridgehead atoms. The quantitative estimate of drug-likeness (QED) is 0.174. The molecule has 0 unspecified atom stereocenters. The highest BCUT2D eigenvalue weighted by atomic mass is 19.4. The van der Waals surface area contributed by atoms with Crippen LogP contribution in [0.25, 0.3) is 27.7 Å². The van der Waals surface area contributed by atoms with Gasteiger partial charge in [-0.2, -0.15) is 13.2 Å². The second kappa shape index (κ2) is 9.38. The molecule has 9 heteroatoms. The molecule has 4 N–H and O–H groups in total. The summed E-state index contributed by atoms with van der Waals surface area (Å²) in [6.45, 7) is 4.00. The van der Waals surface area contributed by atoms with E-state index in [9.17, 15) is 22.4 Å². The van der Waals surface area contributed by atoms with Crippen LogP contribution in [0.1, 0.15) is 35.5 Å². The van der Waals surface area contributed by atoms with Gasteiger partial charge >= 0.3 is 12.1 Å². The highest BCUT2D eigenvalue weighted by molar-refractivity contribution is 6.04. The minimum atomic E-state index is -4.83. The number of hydrogen-bond donors (Lipinski definition) is 3. The summed E-state index contributed by atoms with van der Waals surface area (Å²) in [5, 5.41) is 16.8. The maximum Gasteiger partial charge on any atom is 0.432 e. The van der Waals surface area contributed by atoms with Crippen molar-refractivity contribution < 1.29 is 27.5 Å². The maximum atomic E-state index is 14.4. The van der Waals surface area contributed by atoms with E-state index in [0.29, 0.717) is 0 Å². The standard InChI is InChI=1S/C23H15F4N3O2.C2H6/c24-15-5-7-16(8-6-15)30-19-9-14(11-28)18(29)10-17(19)20(21(30)23(25,26)27)12-1-3-13(4-2-12)22(31)32;1-2/h1-11,28H,29H2,(H,31,32);1-2H3. The molecule has 4 aromatic rings. The molecule has 1 heterocycles. The van der Waals surface area contributed by atoms with Gasteiger partial charge in [-0.25, -0.2) is 9.18 Å². The van der Waals surface area contributed by atoms with Gasteiger partial charge in [-0.05, 0) is 54.1 Å². The molecule has 34 heavy (non-hydrogen) atoms. The van der Waals surface area contributed by atoms with Crippen LogP contribution in [0.15, 0.2) is 60.7 Å². The van der Waals surface area contributed by atoms with Gasteiger partial charge in [0.1, 0.15) is 11.5 Å². The zero-order valence-electron chi connectivity index (χ0n) is 18.2. The number of nitrogens with two attached hydrogens (primary N) is 1. The molecule has 5 nitrogen and oxygen atoms in total. The van der Waals surface area contributed by atoms with Crippen LogP contribution in [0.2, 0.25) is 0 Å². The normalized spacial score (nSPS) is 11.1. The van der Waals surface area contributed by atoms with Crippen molar-refractivity contribution in [3.8, 4) is 16.8 Å². The Morgan fingerprint density at radius 3 is 2.12 bits per heavy atom. The minimum Gasteiger partial charge on any atom is -0.478 e. The number of benzene rings is 3. The fourth-order valence-electron chi connectivity index (χ4n) is 3.69. The third-order valence-corrected chi connectivity index (χ3v) is 5.10. The van der Waals surface area contributed by atoms with Crippen molar-refractivity contribution in [3.63, 3.8) is 0 Å². The highest BCUT2D eigenvalue weighted by Crippen LogP contribution is 2.46. The van der Waals surface area contributed by atoms with Gasteiger partial charge in [0, 0.05) is 34.1 Å². The lowest BCUT2D eigenvalue weighted by Crippen LogP contribution is -2.13. The molecule has 4 rings (SSSR count). The summed E-state index contributed by atoms with van der Waals surface area (Å²) in [4.78, 5) is 11.2. The second-order valence-electron chi connectivity index (χ2n) is 7.06. The molecule has 0 fully saturated rings. The van der Waals surface area contributed by atoms with Crippen LogP contribution in [0.3, 0.4) is 0 Å². The first kappa shape index (κ1) is 24.5. The number of nitrogens with one attached hydrogen (secondary N) is 1. The van der Waals surface area contributed by atoms with E-state index in [2.05, 4.69) is 0 Å². The van der Waals surface area contributed by atoms with Crippen LogP contribution < -0.4 is 5.73 Å². The average molecular weight is 471 g/mol. The Bertz CT molecular complexity index is 1360. The van der Waals surface area contributed by atoms with Crippen molar-refractivity contribution in [1.82, 2.24) is 4.57 Å². The summed E-state index contributed by atoms with van der Waals surface area (Å²) in [5.41, 5.74) is 5.33. The number of carbonyl (C=O) groups is 1. The number of nitrogen functional groups attached to an aromatic ring is 1. The topological polar surface area (TPSA) is 92.1 Å². The van der Waals surface area contributed by atoms with Crippen LogP contribution >= 0.6 is 0 Å². The molecule has 0 aliphatic rings.